The summed E-state index contributed by atoms with van der Waals surface area (Å²) in [5.74, 6) is 0.783. The first-order chi connectivity index (χ1) is 15.1. The van der Waals surface area contributed by atoms with Crippen molar-refractivity contribution in [3.05, 3.63) is 60.3 Å². The fraction of sp³-hybridized carbons (Fsp3) is 0.261. The lowest BCUT2D eigenvalue weighted by Gasteiger charge is -2.11. The Morgan fingerprint density at radius 1 is 1.16 bits per heavy atom. The Morgan fingerprint density at radius 2 is 1.90 bits per heavy atom. The third-order valence-electron chi connectivity index (χ3n) is 4.99. The second kappa shape index (κ2) is 9.01. The maximum atomic E-state index is 12.6. The molecule has 0 spiro atoms. The minimum Gasteiger partial charge on any atom is -0.494 e. The summed E-state index contributed by atoms with van der Waals surface area (Å²) in [7, 11) is 1.60. The van der Waals surface area contributed by atoms with Crippen molar-refractivity contribution < 1.29 is 19.1 Å². The molecule has 0 saturated heterocycles. The Bertz CT molecular complexity index is 1080. The second-order valence-electron chi connectivity index (χ2n) is 7.13. The topological polar surface area (TPSA) is 94.5 Å². The van der Waals surface area contributed by atoms with Crippen LogP contribution in [0.25, 0.3) is 11.1 Å². The highest BCUT2D eigenvalue weighted by molar-refractivity contribution is 6.04. The molecule has 1 atom stereocenters. The molecule has 0 saturated carbocycles. The van der Waals surface area contributed by atoms with E-state index < -0.39 is 6.04 Å². The molecular formula is C23H24N4O4. The summed E-state index contributed by atoms with van der Waals surface area (Å²) in [6.07, 6.45) is -0.0334. The lowest BCUT2D eigenvalue weighted by molar-refractivity contribution is -0.123. The second-order valence-corrected chi connectivity index (χ2v) is 7.13. The van der Waals surface area contributed by atoms with Gasteiger partial charge in [0.1, 0.15) is 17.6 Å². The Hall–Kier alpha value is -3.65. The van der Waals surface area contributed by atoms with Crippen LogP contribution in [0.1, 0.15) is 25.1 Å². The summed E-state index contributed by atoms with van der Waals surface area (Å²) in [4.78, 5) is 25.3. The van der Waals surface area contributed by atoms with Gasteiger partial charge in [-0.25, -0.2) is 4.68 Å². The number of hydrogen-bond acceptors (Lipinski definition) is 5. The van der Waals surface area contributed by atoms with Crippen LogP contribution < -0.4 is 15.4 Å². The molecule has 31 heavy (non-hydrogen) atoms. The Labute approximate surface area is 180 Å². The molecule has 0 aliphatic carbocycles. The van der Waals surface area contributed by atoms with Gasteiger partial charge in [-0.1, -0.05) is 30.3 Å². The molecule has 2 amide bonds. The van der Waals surface area contributed by atoms with E-state index in [4.69, 9.17) is 9.47 Å². The van der Waals surface area contributed by atoms with Crippen LogP contribution in [0.3, 0.4) is 0 Å². The lowest BCUT2D eigenvalue weighted by Crippen LogP contribution is -2.24. The highest BCUT2D eigenvalue weighted by Crippen LogP contribution is 2.38. The predicted molar refractivity (Wildman–Crippen MR) is 117 cm³/mol. The van der Waals surface area contributed by atoms with Crippen molar-refractivity contribution >= 4 is 23.3 Å². The van der Waals surface area contributed by atoms with Crippen molar-refractivity contribution in [2.24, 2.45) is 0 Å². The summed E-state index contributed by atoms with van der Waals surface area (Å²) in [5.41, 5.74) is 3.08. The fourth-order valence-corrected chi connectivity index (χ4v) is 3.65. The molecule has 1 unspecified atom stereocenters. The van der Waals surface area contributed by atoms with Crippen LogP contribution in [0.15, 0.2) is 54.6 Å². The first-order valence-corrected chi connectivity index (χ1v) is 10.1. The van der Waals surface area contributed by atoms with E-state index in [9.17, 15) is 9.59 Å². The van der Waals surface area contributed by atoms with Crippen molar-refractivity contribution in [2.45, 2.75) is 26.0 Å². The molecule has 160 valence electrons. The summed E-state index contributed by atoms with van der Waals surface area (Å²) in [5, 5.41) is 10.3. The maximum Gasteiger partial charge on any atom is 0.251 e. The zero-order valence-corrected chi connectivity index (χ0v) is 17.4. The van der Waals surface area contributed by atoms with Gasteiger partial charge in [-0.05, 0) is 36.8 Å². The van der Waals surface area contributed by atoms with Gasteiger partial charge < -0.3 is 20.1 Å². The highest BCUT2D eigenvalue weighted by atomic mass is 16.5. The van der Waals surface area contributed by atoms with E-state index in [2.05, 4.69) is 15.7 Å². The minimum atomic E-state index is -0.731. The number of hydrogen-bond donors (Lipinski definition) is 2. The van der Waals surface area contributed by atoms with Crippen LogP contribution in [0, 0.1) is 0 Å². The molecule has 1 aliphatic heterocycles. The zero-order valence-electron chi connectivity index (χ0n) is 17.4. The average Bonchev–Trinajstić information content (AvgIpc) is 3.25. The third kappa shape index (κ3) is 4.29. The number of aromatic nitrogens is 2. The van der Waals surface area contributed by atoms with Crippen LogP contribution in [0.5, 0.6) is 5.75 Å². The van der Waals surface area contributed by atoms with Crippen molar-refractivity contribution in [1.82, 2.24) is 9.78 Å². The van der Waals surface area contributed by atoms with Crippen molar-refractivity contribution in [1.29, 1.82) is 0 Å². The van der Waals surface area contributed by atoms with Gasteiger partial charge in [0.15, 0.2) is 0 Å². The Morgan fingerprint density at radius 3 is 2.58 bits per heavy atom. The normalized spacial score (nSPS) is 14.8. The fourth-order valence-electron chi connectivity index (χ4n) is 3.65. The maximum absolute atomic E-state index is 12.6. The van der Waals surface area contributed by atoms with Gasteiger partial charge in [0, 0.05) is 18.4 Å². The molecule has 8 heteroatoms. The van der Waals surface area contributed by atoms with Gasteiger partial charge in [-0.15, -0.1) is 0 Å². The predicted octanol–water partition coefficient (Wildman–Crippen LogP) is 3.62. The van der Waals surface area contributed by atoms with Gasteiger partial charge in [0.2, 0.25) is 5.91 Å². The number of carbonyl (C=O) groups is 2. The first-order valence-electron chi connectivity index (χ1n) is 10.1. The Kier molecular flexibility index (Phi) is 5.99. The van der Waals surface area contributed by atoms with E-state index in [0.29, 0.717) is 30.4 Å². The standard InChI is InChI=1S/C23H24N4O4/c1-3-31-17-11-9-16(10-12-17)24-20(28)13-19-23(29)25-22-21(15-7-5-4-6-8-15)18(14-30-2)26-27(19)22/h4-12,19H,3,13-14H2,1-2H3,(H,24,28)(H,25,29). The van der Waals surface area contributed by atoms with Crippen molar-refractivity contribution in [2.75, 3.05) is 24.4 Å². The number of amides is 2. The Balaban J connectivity index is 1.55. The molecule has 2 aromatic carbocycles. The molecule has 2 N–H and O–H groups in total. The number of nitrogens with one attached hydrogen (secondary N) is 2. The molecule has 0 fully saturated rings. The summed E-state index contributed by atoms with van der Waals surface area (Å²) >= 11 is 0. The first kappa shape index (κ1) is 20.6. The lowest BCUT2D eigenvalue weighted by atomic mass is 10.1. The SMILES string of the molecule is CCOc1ccc(NC(=O)CC2C(=O)Nc3c(-c4ccccc4)c(COC)nn32)cc1. The number of ether oxygens (including phenoxy) is 2. The van der Waals surface area contributed by atoms with E-state index in [1.165, 1.54) is 0 Å². The number of benzene rings is 2. The molecule has 1 aromatic heterocycles. The number of methoxy groups -OCH3 is 1. The van der Waals surface area contributed by atoms with Crippen LogP contribution >= 0.6 is 0 Å². The summed E-state index contributed by atoms with van der Waals surface area (Å²) < 4.78 is 12.3. The smallest absolute Gasteiger partial charge is 0.251 e. The zero-order chi connectivity index (χ0) is 21.8. The van der Waals surface area contributed by atoms with Gasteiger partial charge in [-0.2, -0.15) is 5.10 Å². The van der Waals surface area contributed by atoms with Gasteiger partial charge >= 0.3 is 0 Å². The molecule has 3 aromatic rings. The largest absolute Gasteiger partial charge is 0.494 e. The molecular weight excluding hydrogens is 396 g/mol. The van der Waals surface area contributed by atoms with Crippen molar-refractivity contribution in [3.8, 4) is 16.9 Å². The van der Waals surface area contributed by atoms with Gasteiger partial charge in [0.05, 0.1) is 25.3 Å². The number of nitrogens with zero attached hydrogens (tertiary/aromatic N) is 2. The van der Waals surface area contributed by atoms with Crippen molar-refractivity contribution in [3.63, 3.8) is 0 Å². The van der Waals surface area contributed by atoms with E-state index in [0.717, 1.165) is 16.9 Å². The van der Waals surface area contributed by atoms with E-state index in [-0.39, 0.29) is 18.2 Å². The average molecular weight is 420 g/mol. The quantitative estimate of drug-likeness (QED) is 0.581. The van der Waals surface area contributed by atoms with Gasteiger partial charge in [-0.3, -0.25) is 9.59 Å². The number of rotatable bonds is 8. The van der Waals surface area contributed by atoms with E-state index >= 15 is 0 Å². The molecule has 2 heterocycles. The van der Waals surface area contributed by atoms with Gasteiger partial charge in [0.25, 0.3) is 5.91 Å². The molecule has 8 nitrogen and oxygen atoms in total. The monoisotopic (exact) mass is 420 g/mol. The third-order valence-corrected chi connectivity index (χ3v) is 4.99. The summed E-state index contributed by atoms with van der Waals surface area (Å²) in [6.45, 7) is 2.78. The highest BCUT2D eigenvalue weighted by Gasteiger charge is 2.37. The van der Waals surface area contributed by atoms with Crippen LogP contribution in [-0.2, 0) is 20.9 Å². The number of carbonyl (C=O) groups excluding carboxylic acids is 2. The van der Waals surface area contributed by atoms with E-state index in [1.54, 1.807) is 36.1 Å². The molecule has 0 radical (unpaired) electrons. The summed E-state index contributed by atoms with van der Waals surface area (Å²) in [6, 6.07) is 16.1. The molecule has 0 bridgehead atoms. The number of fused-ring (bicyclic) bond motifs is 1. The minimum absolute atomic E-state index is 0.0334. The van der Waals surface area contributed by atoms with Crippen LogP contribution in [-0.4, -0.2) is 35.3 Å². The molecule has 4 rings (SSSR count). The molecule has 1 aliphatic rings. The van der Waals surface area contributed by atoms with E-state index in [1.807, 2.05) is 37.3 Å². The van der Waals surface area contributed by atoms with Crippen LogP contribution in [0.4, 0.5) is 11.5 Å². The number of anilines is 2. The van der Waals surface area contributed by atoms with Crippen LogP contribution in [0.2, 0.25) is 0 Å².